The van der Waals surface area contributed by atoms with Gasteiger partial charge in [-0.2, -0.15) is 5.10 Å². The van der Waals surface area contributed by atoms with Gasteiger partial charge in [0.25, 0.3) is 5.91 Å². The summed E-state index contributed by atoms with van der Waals surface area (Å²) in [6.07, 6.45) is 1.65. The number of nitrogens with one attached hydrogen (secondary N) is 1. The Kier molecular flexibility index (Phi) is 4.48. The van der Waals surface area contributed by atoms with Gasteiger partial charge in [0.15, 0.2) is 0 Å². The normalized spacial score (nSPS) is 11.0. The van der Waals surface area contributed by atoms with E-state index in [0.29, 0.717) is 5.56 Å². The number of amides is 1. The zero-order valence-corrected chi connectivity index (χ0v) is 13.8. The fourth-order valence-electron chi connectivity index (χ4n) is 2.15. The lowest BCUT2D eigenvalue weighted by Gasteiger charge is -2.01. The van der Waals surface area contributed by atoms with Crippen LogP contribution in [0.1, 0.15) is 15.9 Å². The van der Waals surface area contributed by atoms with E-state index in [9.17, 15) is 4.79 Å². The lowest BCUT2D eigenvalue weighted by atomic mass is 10.1. The van der Waals surface area contributed by atoms with E-state index < -0.39 is 0 Å². The maximum Gasteiger partial charge on any atom is 0.271 e. The molecule has 4 heteroatoms. The molecule has 22 heavy (non-hydrogen) atoms. The molecule has 0 radical (unpaired) electrons. The van der Waals surface area contributed by atoms with E-state index >= 15 is 0 Å². The molecule has 3 aromatic rings. The van der Waals surface area contributed by atoms with Gasteiger partial charge in [0, 0.05) is 9.13 Å². The summed E-state index contributed by atoms with van der Waals surface area (Å²) in [6, 6.07) is 21.6. The van der Waals surface area contributed by atoms with Gasteiger partial charge in [0.05, 0.1) is 6.21 Å². The molecule has 3 rings (SSSR count). The van der Waals surface area contributed by atoms with Crippen molar-refractivity contribution >= 4 is 45.5 Å². The van der Waals surface area contributed by atoms with Crippen LogP contribution in [0.5, 0.6) is 0 Å². The number of benzene rings is 3. The van der Waals surface area contributed by atoms with Crippen LogP contribution in [0.3, 0.4) is 0 Å². The van der Waals surface area contributed by atoms with Crippen molar-refractivity contribution in [2.75, 3.05) is 0 Å². The monoisotopic (exact) mass is 400 g/mol. The van der Waals surface area contributed by atoms with Crippen LogP contribution in [0, 0.1) is 3.57 Å². The number of hydrogen-bond donors (Lipinski definition) is 1. The standard InChI is InChI=1S/C18H13IN2O/c19-17-7-3-6-16(11-17)18(22)21-20-12-13-8-9-14-4-1-2-5-15(14)10-13/h1-12H,(H,21,22)/b20-12+. The molecule has 1 amide bonds. The molecule has 3 nitrogen and oxygen atoms in total. The van der Waals surface area contributed by atoms with Crippen LogP contribution in [0.15, 0.2) is 71.8 Å². The van der Waals surface area contributed by atoms with Crippen LogP contribution in [-0.4, -0.2) is 12.1 Å². The molecule has 0 heterocycles. The maximum atomic E-state index is 12.0. The SMILES string of the molecule is O=C(N/N=C/c1ccc2ccccc2c1)c1cccc(I)c1. The molecule has 0 aliphatic carbocycles. The van der Waals surface area contributed by atoms with Crippen molar-refractivity contribution in [1.29, 1.82) is 0 Å². The molecular formula is C18H13IN2O. The van der Waals surface area contributed by atoms with E-state index in [2.05, 4.69) is 45.3 Å². The molecule has 0 fully saturated rings. The predicted molar refractivity (Wildman–Crippen MR) is 98.2 cm³/mol. The van der Waals surface area contributed by atoms with E-state index in [1.54, 1.807) is 12.3 Å². The molecule has 0 atom stereocenters. The summed E-state index contributed by atoms with van der Waals surface area (Å²) in [6.45, 7) is 0. The Morgan fingerprint density at radius 2 is 1.77 bits per heavy atom. The van der Waals surface area contributed by atoms with Crippen molar-refractivity contribution in [2.24, 2.45) is 5.10 Å². The Labute approximate surface area is 142 Å². The van der Waals surface area contributed by atoms with Crippen molar-refractivity contribution in [1.82, 2.24) is 5.43 Å². The molecule has 0 bridgehead atoms. The van der Waals surface area contributed by atoms with Gasteiger partial charge in [-0.3, -0.25) is 4.79 Å². The first-order valence-electron chi connectivity index (χ1n) is 6.80. The lowest BCUT2D eigenvalue weighted by molar-refractivity contribution is 0.0955. The maximum absolute atomic E-state index is 12.0. The number of carbonyl (C=O) groups excluding carboxylic acids is 1. The van der Waals surface area contributed by atoms with E-state index in [1.807, 2.05) is 48.5 Å². The van der Waals surface area contributed by atoms with E-state index in [1.165, 1.54) is 5.39 Å². The minimum atomic E-state index is -0.212. The molecule has 0 aliphatic heterocycles. The average molecular weight is 400 g/mol. The number of hydrazone groups is 1. The van der Waals surface area contributed by atoms with Crippen molar-refractivity contribution < 1.29 is 4.79 Å². The quantitative estimate of drug-likeness (QED) is 0.400. The molecule has 0 aromatic heterocycles. The van der Waals surface area contributed by atoms with Gasteiger partial charge < -0.3 is 0 Å². The smallest absolute Gasteiger partial charge is 0.267 e. The zero-order valence-electron chi connectivity index (χ0n) is 11.7. The number of carbonyl (C=O) groups is 1. The first-order chi connectivity index (χ1) is 10.7. The van der Waals surface area contributed by atoms with Gasteiger partial charge >= 0.3 is 0 Å². The number of hydrogen-bond acceptors (Lipinski definition) is 2. The highest BCUT2D eigenvalue weighted by Crippen LogP contribution is 2.14. The molecule has 3 aromatic carbocycles. The third-order valence-corrected chi connectivity index (χ3v) is 3.91. The van der Waals surface area contributed by atoms with Crippen LogP contribution in [0.2, 0.25) is 0 Å². The summed E-state index contributed by atoms with van der Waals surface area (Å²) in [4.78, 5) is 12.0. The predicted octanol–water partition coefficient (Wildman–Crippen LogP) is 4.21. The van der Waals surface area contributed by atoms with Gasteiger partial charge in [-0.1, -0.05) is 42.5 Å². The Morgan fingerprint density at radius 1 is 0.955 bits per heavy atom. The number of nitrogens with zero attached hydrogens (tertiary/aromatic N) is 1. The fraction of sp³-hybridized carbons (Fsp3) is 0. The summed E-state index contributed by atoms with van der Waals surface area (Å²) in [5.74, 6) is -0.212. The van der Waals surface area contributed by atoms with Crippen LogP contribution in [-0.2, 0) is 0 Å². The third-order valence-electron chi connectivity index (χ3n) is 3.24. The Morgan fingerprint density at radius 3 is 2.59 bits per heavy atom. The topological polar surface area (TPSA) is 41.5 Å². The van der Waals surface area contributed by atoms with Gasteiger partial charge in [-0.15, -0.1) is 0 Å². The van der Waals surface area contributed by atoms with E-state index in [0.717, 1.165) is 14.5 Å². The molecule has 0 unspecified atom stereocenters. The molecule has 1 N–H and O–H groups in total. The largest absolute Gasteiger partial charge is 0.271 e. The third kappa shape index (κ3) is 3.51. The summed E-state index contributed by atoms with van der Waals surface area (Å²) >= 11 is 2.18. The summed E-state index contributed by atoms with van der Waals surface area (Å²) in [5, 5.41) is 6.36. The van der Waals surface area contributed by atoms with Crippen LogP contribution < -0.4 is 5.43 Å². The number of halogens is 1. The van der Waals surface area contributed by atoms with Crippen LogP contribution in [0.25, 0.3) is 10.8 Å². The highest BCUT2D eigenvalue weighted by atomic mass is 127. The molecule has 0 saturated heterocycles. The second kappa shape index (κ2) is 6.70. The molecular weight excluding hydrogens is 387 g/mol. The Balaban J connectivity index is 1.72. The van der Waals surface area contributed by atoms with Crippen LogP contribution >= 0.6 is 22.6 Å². The molecule has 0 spiro atoms. The second-order valence-electron chi connectivity index (χ2n) is 4.82. The summed E-state index contributed by atoms with van der Waals surface area (Å²) in [5.41, 5.74) is 4.10. The molecule has 0 saturated carbocycles. The van der Waals surface area contributed by atoms with Gasteiger partial charge in [0.2, 0.25) is 0 Å². The summed E-state index contributed by atoms with van der Waals surface area (Å²) < 4.78 is 1.02. The average Bonchev–Trinajstić information content (AvgIpc) is 2.54. The fourth-order valence-corrected chi connectivity index (χ4v) is 2.69. The van der Waals surface area contributed by atoms with Crippen molar-refractivity contribution in [3.05, 3.63) is 81.4 Å². The van der Waals surface area contributed by atoms with Crippen molar-refractivity contribution in [2.45, 2.75) is 0 Å². The van der Waals surface area contributed by atoms with Crippen molar-refractivity contribution in [3.8, 4) is 0 Å². The molecule has 108 valence electrons. The Bertz CT molecular complexity index is 858. The minimum absolute atomic E-state index is 0.212. The highest BCUT2D eigenvalue weighted by molar-refractivity contribution is 14.1. The first kappa shape index (κ1) is 14.7. The van der Waals surface area contributed by atoms with Crippen molar-refractivity contribution in [3.63, 3.8) is 0 Å². The Hall–Kier alpha value is -2.21. The number of fused-ring (bicyclic) bond motifs is 1. The van der Waals surface area contributed by atoms with E-state index in [4.69, 9.17) is 0 Å². The first-order valence-corrected chi connectivity index (χ1v) is 7.88. The minimum Gasteiger partial charge on any atom is -0.267 e. The van der Waals surface area contributed by atoms with Gasteiger partial charge in [-0.05, 0) is 63.2 Å². The van der Waals surface area contributed by atoms with Gasteiger partial charge in [0.1, 0.15) is 0 Å². The summed E-state index contributed by atoms with van der Waals surface area (Å²) in [7, 11) is 0. The zero-order chi connectivity index (χ0) is 15.4. The second-order valence-corrected chi connectivity index (χ2v) is 6.06. The lowest BCUT2D eigenvalue weighted by Crippen LogP contribution is -2.17. The van der Waals surface area contributed by atoms with E-state index in [-0.39, 0.29) is 5.91 Å². The van der Waals surface area contributed by atoms with Gasteiger partial charge in [-0.25, -0.2) is 5.43 Å². The molecule has 0 aliphatic rings. The highest BCUT2D eigenvalue weighted by Gasteiger charge is 2.03. The van der Waals surface area contributed by atoms with Crippen LogP contribution in [0.4, 0.5) is 0 Å². The number of rotatable bonds is 3.